The molecule has 0 saturated heterocycles. The van der Waals surface area contributed by atoms with Crippen molar-refractivity contribution in [3.05, 3.63) is 53.6 Å². The third-order valence-electron chi connectivity index (χ3n) is 6.91. The van der Waals surface area contributed by atoms with Gasteiger partial charge in [0.2, 0.25) is 17.8 Å². The lowest BCUT2D eigenvalue weighted by molar-refractivity contribution is -0.138. The minimum absolute atomic E-state index is 0.0231. The summed E-state index contributed by atoms with van der Waals surface area (Å²) in [6.07, 6.45) is -1.08. The summed E-state index contributed by atoms with van der Waals surface area (Å²) in [6, 6.07) is 9.89. The van der Waals surface area contributed by atoms with E-state index in [-0.39, 0.29) is 40.6 Å². The van der Waals surface area contributed by atoms with Crippen LogP contribution in [0.1, 0.15) is 36.8 Å². The molecule has 4 rings (SSSR count). The number of nitrogens with zero attached hydrogens (tertiary/aromatic N) is 3. The average molecular weight is 593 g/mol. The van der Waals surface area contributed by atoms with Crippen LogP contribution in [0.3, 0.4) is 0 Å². The fraction of sp³-hybridized carbons (Fsp3) is 0.407. The quantitative estimate of drug-likeness (QED) is 0.332. The predicted octanol–water partition coefficient (Wildman–Crippen LogP) is 4.30. The van der Waals surface area contributed by atoms with Crippen molar-refractivity contribution in [2.24, 2.45) is 5.92 Å². The van der Waals surface area contributed by atoms with E-state index in [1.54, 1.807) is 19.2 Å². The van der Waals surface area contributed by atoms with Gasteiger partial charge in [-0.15, -0.1) is 0 Å². The first-order valence-corrected chi connectivity index (χ1v) is 14.8. The fourth-order valence-corrected chi connectivity index (χ4v) is 5.27. The van der Waals surface area contributed by atoms with Crippen LogP contribution in [0.4, 0.5) is 25.1 Å². The summed E-state index contributed by atoms with van der Waals surface area (Å²) in [5.74, 6) is 0.501. The van der Waals surface area contributed by atoms with Crippen LogP contribution in [0.5, 0.6) is 5.75 Å². The van der Waals surface area contributed by atoms with Gasteiger partial charge in [-0.25, -0.2) is 8.42 Å². The van der Waals surface area contributed by atoms with Crippen LogP contribution >= 0.6 is 0 Å². The lowest BCUT2D eigenvalue weighted by atomic mass is 9.85. The number of aromatic nitrogens is 3. The van der Waals surface area contributed by atoms with Crippen molar-refractivity contribution >= 4 is 27.6 Å². The molecule has 1 saturated carbocycles. The van der Waals surface area contributed by atoms with E-state index in [9.17, 15) is 26.4 Å². The summed E-state index contributed by atoms with van der Waals surface area (Å²) in [6.45, 7) is -0.235. The number of benzene rings is 2. The smallest absolute Gasteiger partial charge is 0.416 e. The molecule has 3 N–H and O–H groups in total. The first-order valence-electron chi connectivity index (χ1n) is 12.9. The van der Waals surface area contributed by atoms with Gasteiger partial charge >= 0.3 is 6.18 Å². The zero-order valence-corrected chi connectivity index (χ0v) is 23.6. The largest absolute Gasteiger partial charge is 0.497 e. The number of sulfone groups is 1. The number of methoxy groups -OCH3 is 1. The lowest BCUT2D eigenvalue weighted by Gasteiger charge is -2.28. The van der Waals surface area contributed by atoms with Gasteiger partial charge in [0, 0.05) is 37.4 Å². The highest BCUT2D eigenvalue weighted by Crippen LogP contribution is 2.35. The number of halogens is 3. The first-order chi connectivity index (χ1) is 19.4. The molecule has 1 aliphatic carbocycles. The highest BCUT2D eigenvalue weighted by atomic mass is 32.2. The van der Waals surface area contributed by atoms with E-state index >= 15 is 0 Å². The maximum absolute atomic E-state index is 13.5. The van der Waals surface area contributed by atoms with E-state index in [0.717, 1.165) is 12.3 Å². The molecule has 1 amide bonds. The summed E-state index contributed by atoms with van der Waals surface area (Å²) >= 11 is 0. The number of rotatable bonds is 9. The Morgan fingerprint density at radius 3 is 2.24 bits per heavy atom. The van der Waals surface area contributed by atoms with E-state index < -0.39 is 21.6 Å². The number of hydrogen-bond acceptors (Lipinski definition) is 9. The zero-order valence-electron chi connectivity index (χ0n) is 22.7. The van der Waals surface area contributed by atoms with Gasteiger partial charge in [-0.2, -0.15) is 28.1 Å². The Labute approximate surface area is 236 Å². The Morgan fingerprint density at radius 2 is 1.66 bits per heavy atom. The Hall–Kier alpha value is -3.94. The predicted molar refractivity (Wildman–Crippen MR) is 147 cm³/mol. The van der Waals surface area contributed by atoms with E-state index in [0.29, 0.717) is 49.0 Å². The van der Waals surface area contributed by atoms with Crippen molar-refractivity contribution in [1.82, 2.24) is 20.3 Å². The summed E-state index contributed by atoms with van der Waals surface area (Å²) in [5.41, 5.74) is -0.252. The molecule has 1 aromatic heterocycles. The molecular weight excluding hydrogens is 561 g/mol. The van der Waals surface area contributed by atoms with E-state index in [4.69, 9.17) is 4.74 Å². The molecule has 14 heteroatoms. The normalized spacial score (nSPS) is 17.5. The maximum atomic E-state index is 13.5. The van der Waals surface area contributed by atoms with E-state index in [1.165, 1.54) is 31.4 Å². The molecule has 1 heterocycles. The van der Waals surface area contributed by atoms with Crippen molar-refractivity contribution < 1.29 is 31.1 Å². The van der Waals surface area contributed by atoms with Crippen molar-refractivity contribution in [2.75, 3.05) is 31.0 Å². The molecular formula is C27H31F3N6O4S. The van der Waals surface area contributed by atoms with Crippen LogP contribution in [0.2, 0.25) is 0 Å². The number of anilines is 2. The number of hydrogen-bond donors (Lipinski definition) is 3. The van der Waals surface area contributed by atoms with Gasteiger partial charge in [-0.05, 0) is 67.6 Å². The van der Waals surface area contributed by atoms with E-state index in [2.05, 4.69) is 30.9 Å². The molecule has 10 nitrogen and oxygen atoms in total. The summed E-state index contributed by atoms with van der Waals surface area (Å²) in [5, 5.41) is 8.84. The Morgan fingerprint density at radius 1 is 1.00 bits per heavy atom. The second-order valence-electron chi connectivity index (χ2n) is 9.78. The van der Waals surface area contributed by atoms with Crippen molar-refractivity contribution in [2.45, 2.75) is 49.3 Å². The maximum Gasteiger partial charge on any atom is 0.416 e. The third kappa shape index (κ3) is 7.63. The van der Waals surface area contributed by atoms with E-state index in [1.807, 2.05) is 0 Å². The molecule has 1 aliphatic rings. The van der Waals surface area contributed by atoms with Gasteiger partial charge in [0.25, 0.3) is 0 Å². The molecule has 0 unspecified atom stereocenters. The van der Waals surface area contributed by atoms with Crippen LogP contribution in [0.25, 0.3) is 11.4 Å². The van der Waals surface area contributed by atoms with Crippen LogP contribution in [-0.2, 0) is 27.4 Å². The van der Waals surface area contributed by atoms with Crippen molar-refractivity contribution in [3.8, 4) is 17.1 Å². The number of nitrogens with one attached hydrogen (secondary N) is 3. The summed E-state index contributed by atoms with van der Waals surface area (Å²) in [4.78, 5) is 26.2. The van der Waals surface area contributed by atoms with Crippen LogP contribution in [0.15, 0.2) is 47.4 Å². The van der Waals surface area contributed by atoms with Crippen molar-refractivity contribution in [1.29, 1.82) is 0 Å². The standard InChI is InChI=1S/C27H31F3N6O4S/c1-31-25-34-23(16-7-12-21(13-8-16)41(3,38)39)35-26(36-25)33-19-9-4-17(5-10-19)24(37)32-15-18-6-11-20(40-2)14-22(18)27(28,29)30/h6-8,11-14,17,19H,4-5,9-10,15H2,1-3H3,(H,32,37)(H2,31,33,34,35,36)/t17-,19+. The third-order valence-corrected chi connectivity index (χ3v) is 8.03. The van der Waals surface area contributed by atoms with Gasteiger partial charge in [0.15, 0.2) is 15.7 Å². The molecule has 0 aliphatic heterocycles. The van der Waals surface area contributed by atoms with Gasteiger partial charge in [0.1, 0.15) is 5.75 Å². The highest BCUT2D eigenvalue weighted by molar-refractivity contribution is 7.90. The molecule has 1 fully saturated rings. The number of carbonyl (C=O) groups excluding carboxylic acids is 1. The SMILES string of the molecule is CNc1nc(N[C@H]2CC[C@@H](C(=O)NCc3ccc(OC)cc3C(F)(F)F)CC2)nc(-c2ccc(S(C)(=O)=O)cc2)n1. The molecule has 220 valence electrons. The molecule has 0 bridgehead atoms. The molecule has 41 heavy (non-hydrogen) atoms. The first kappa shape index (κ1) is 30.0. The Balaban J connectivity index is 1.36. The second-order valence-corrected chi connectivity index (χ2v) is 11.8. The monoisotopic (exact) mass is 592 g/mol. The molecule has 2 aromatic carbocycles. The van der Waals surface area contributed by atoms with Crippen LogP contribution in [-0.4, -0.2) is 55.7 Å². The average Bonchev–Trinajstić information content (AvgIpc) is 2.95. The molecule has 3 aromatic rings. The number of carbonyl (C=O) groups is 1. The minimum atomic E-state index is -4.57. The number of alkyl halides is 3. The Bertz CT molecular complexity index is 1490. The van der Waals surface area contributed by atoms with Gasteiger partial charge in [-0.3, -0.25) is 4.79 Å². The number of ether oxygens (including phenoxy) is 1. The Kier molecular flexibility index (Phi) is 9.00. The summed E-state index contributed by atoms with van der Waals surface area (Å²) < 4.78 is 68.9. The highest BCUT2D eigenvalue weighted by Gasteiger charge is 2.34. The summed E-state index contributed by atoms with van der Waals surface area (Å²) in [7, 11) is -0.373. The van der Waals surface area contributed by atoms with Crippen molar-refractivity contribution in [3.63, 3.8) is 0 Å². The van der Waals surface area contributed by atoms with Gasteiger partial charge in [0.05, 0.1) is 17.6 Å². The van der Waals surface area contributed by atoms with Crippen LogP contribution in [0, 0.1) is 5.92 Å². The molecule has 0 atom stereocenters. The van der Waals surface area contributed by atoms with Gasteiger partial charge < -0.3 is 20.7 Å². The number of amides is 1. The molecule has 0 spiro atoms. The molecule has 0 radical (unpaired) electrons. The topological polar surface area (TPSA) is 135 Å². The zero-order chi connectivity index (χ0) is 29.8. The second kappa shape index (κ2) is 12.3. The van der Waals surface area contributed by atoms with Gasteiger partial charge in [-0.1, -0.05) is 6.07 Å². The lowest BCUT2D eigenvalue weighted by Crippen LogP contribution is -2.36. The van der Waals surface area contributed by atoms with Crippen LogP contribution < -0.4 is 20.7 Å². The fourth-order valence-electron chi connectivity index (χ4n) is 4.64. The minimum Gasteiger partial charge on any atom is -0.497 e.